The van der Waals surface area contributed by atoms with Crippen molar-refractivity contribution >= 4 is 40.5 Å². The topological polar surface area (TPSA) is 127 Å². The van der Waals surface area contributed by atoms with Crippen LogP contribution in [0.25, 0.3) is 0 Å². The predicted molar refractivity (Wildman–Crippen MR) is 84.8 cm³/mol. The molecule has 0 bridgehead atoms. The summed E-state index contributed by atoms with van der Waals surface area (Å²) in [4.78, 5) is 30.1. The van der Waals surface area contributed by atoms with Crippen LogP contribution in [0.15, 0.2) is 12.3 Å². The highest BCUT2D eigenvalue weighted by atomic mass is 35.5. The largest absolute Gasteiger partial charge is 0.351 e. The van der Waals surface area contributed by atoms with E-state index in [1.807, 2.05) is 0 Å². The van der Waals surface area contributed by atoms with Crippen LogP contribution >= 0.6 is 23.7 Å². The maximum absolute atomic E-state index is 12.0. The third-order valence-electron chi connectivity index (χ3n) is 3.32. The zero-order valence-electron chi connectivity index (χ0n) is 11.4. The lowest BCUT2D eigenvalue weighted by Crippen LogP contribution is -2.27. The van der Waals surface area contributed by atoms with Crippen LogP contribution in [0, 0.1) is 10.1 Å². The van der Waals surface area contributed by atoms with Crippen LogP contribution in [0.1, 0.15) is 27.5 Å². The smallest absolute Gasteiger partial charge is 0.287 e. The summed E-state index contributed by atoms with van der Waals surface area (Å²) in [6.45, 7) is 0. The van der Waals surface area contributed by atoms with Gasteiger partial charge in [0.2, 0.25) is 0 Å². The van der Waals surface area contributed by atoms with E-state index in [2.05, 4.69) is 15.3 Å². The van der Waals surface area contributed by atoms with Crippen molar-refractivity contribution in [2.45, 2.75) is 25.3 Å². The first kappa shape index (κ1) is 16.4. The van der Waals surface area contributed by atoms with Gasteiger partial charge in [0.25, 0.3) is 11.6 Å². The molecule has 1 aliphatic rings. The summed E-state index contributed by atoms with van der Waals surface area (Å²) in [5.74, 6) is -0.446. The molecule has 1 aliphatic carbocycles. The minimum atomic E-state index is -0.559. The summed E-state index contributed by atoms with van der Waals surface area (Å²) in [6.07, 6.45) is 3.67. The molecule has 10 heteroatoms. The summed E-state index contributed by atoms with van der Waals surface area (Å²) < 4.78 is 0. The van der Waals surface area contributed by atoms with Gasteiger partial charge in [0, 0.05) is 17.0 Å². The Labute approximate surface area is 135 Å². The number of nitrogens with two attached hydrogens (primary N) is 1. The Morgan fingerprint density at radius 1 is 1.59 bits per heavy atom. The van der Waals surface area contributed by atoms with Crippen molar-refractivity contribution in [1.82, 2.24) is 9.97 Å². The molecule has 0 spiro atoms. The molecule has 22 heavy (non-hydrogen) atoms. The highest BCUT2D eigenvalue weighted by Gasteiger charge is 2.21. The molecule has 0 radical (unpaired) electrons. The Bertz CT molecular complexity index is 713. The highest BCUT2D eigenvalue weighted by Crippen LogP contribution is 2.29. The van der Waals surface area contributed by atoms with Crippen LogP contribution in [0.5, 0.6) is 0 Å². The zero-order chi connectivity index (χ0) is 15.0. The number of hydrogen-bond donors (Lipinski definition) is 3. The molecule has 2 heterocycles. The van der Waals surface area contributed by atoms with Gasteiger partial charge in [-0.1, -0.05) is 0 Å². The third-order valence-corrected chi connectivity index (χ3v) is 4.36. The van der Waals surface area contributed by atoms with E-state index in [1.165, 1.54) is 23.6 Å². The third kappa shape index (κ3) is 3.26. The number of nitrogens with one attached hydrogen (secondary N) is 2. The number of nitro groups is 1. The molecule has 0 saturated heterocycles. The van der Waals surface area contributed by atoms with E-state index in [0.29, 0.717) is 5.13 Å². The number of aromatic amines is 1. The molecule has 118 valence electrons. The monoisotopic (exact) mass is 343 g/mol. The Hall–Kier alpha value is -1.97. The summed E-state index contributed by atoms with van der Waals surface area (Å²) in [5, 5.41) is 13.7. The van der Waals surface area contributed by atoms with Crippen LogP contribution in [0.3, 0.4) is 0 Å². The van der Waals surface area contributed by atoms with Crippen molar-refractivity contribution < 1.29 is 9.72 Å². The van der Waals surface area contributed by atoms with Gasteiger partial charge in [-0.25, -0.2) is 4.98 Å². The number of carbonyl (C=O) groups is 1. The molecule has 0 saturated carbocycles. The number of thiazole rings is 1. The number of halogens is 1. The van der Waals surface area contributed by atoms with Gasteiger partial charge in [0.05, 0.1) is 16.8 Å². The van der Waals surface area contributed by atoms with E-state index >= 15 is 0 Å². The average molecular weight is 344 g/mol. The molecule has 4 N–H and O–H groups in total. The highest BCUT2D eigenvalue weighted by molar-refractivity contribution is 7.15. The van der Waals surface area contributed by atoms with Crippen molar-refractivity contribution in [2.24, 2.45) is 5.73 Å². The predicted octanol–water partition coefficient (Wildman–Crippen LogP) is 1.87. The molecule has 0 aliphatic heterocycles. The second kappa shape index (κ2) is 6.42. The summed E-state index contributed by atoms with van der Waals surface area (Å²) in [7, 11) is 0. The fourth-order valence-corrected chi connectivity index (χ4v) is 3.33. The maximum Gasteiger partial charge on any atom is 0.287 e. The second-order valence-electron chi connectivity index (χ2n) is 4.87. The molecule has 1 atom stereocenters. The van der Waals surface area contributed by atoms with E-state index in [4.69, 9.17) is 5.73 Å². The Kier molecular flexibility index (Phi) is 4.79. The molecular formula is C12H14ClN5O3S. The van der Waals surface area contributed by atoms with Gasteiger partial charge < -0.3 is 10.7 Å². The Morgan fingerprint density at radius 2 is 2.36 bits per heavy atom. The molecule has 8 nitrogen and oxygen atoms in total. The molecule has 1 amide bonds. The summed E-state index contributed by atoms with van der Waals surface area (Å²) in [5.41, 5.74) is 6.87. The second-order valence-corrected chi connectivity index (χ2v) is 5.96. The number of hydrogen-bond acceptors (Lipinski definition) is 6. The molecule has 0 unspecified atom stereocenters. The first-order valence-electron chi connectivity index (χ1n) is 6.41. The number of amides is 1. The quantitative estimate of drug-likeness (QED) is 0.579. The fourth-order valence-electron chi connectivity index (χ4n) is 2.24. The van der Waals surface area contributed by atoms with Crippen molar-refractivity contribution in [2.75, 3.05) is 5.32 Å². The van der Waals surface area contributed by atoms with Gasteiger partial charge in [-0.3, -0.25) is 20.2 Å². The number of aromatic nitrogens is 2. The van der Waals surface area contributed by atoms with Gasteiger partial charge >= 0.3 is 0 Å². The van der Waals surface area contributed by atoms with Crippen LogP contribution in [0.4, 0.5) is 10.8 Å². The van der Waals surface area contributed by atoms with Crippen LogP contribution in [-0.2, 0) is 12.8 Å². The van der Waals surface area contributed by atoms with Gasteiger partial charge in [0.1, 0.15) is 5.69 Å². The summed E-state index contributed by atoms with van der Waals surface area (Å²) in [6, 6.07) is 1.34. The van der Waals surface area contributed by atoms with Crippen molar-refractivity contribution in [3.8, 4) is 0 Å². The average Bonchev–Trinajstić information content (AvgIpc) is 3.03. The number of H-pyrrole nitrogens is 1. The number of nitrogens with zero attached hydrogens (tertiary/aromatic N) is 2. The van der Waals surface area contributed by atoms with Crippen molar-refractivity contribution in [1.29, 1.82) is 0 Å². The number of carbonyl (C=O) groups excluding carboxylic acids is 1. The lowest BCUT2D eigenvalue weighted by Gasteiger charge is -2.15. The minimum Gasteiger partial charge on any atom is -0.351 e. The van der Waals surface area contributed by atoms with E-state index in [0.717, 1.165) is 29.8 Å². The van der Waals surface area contributed by atoms with Crippen molar-refractivity contribution in [3.63, 3.8) is 0 Å². The Morgan fingerprint density at radius 3 is 3.05 bits per heavy atom. The molecule has 3 rings (SSSR count). The Balaban J connectivity index is 0.00000176. The number of fused-ring (bicyclic) bond motifs is 1. The molecule has 2 aromatic rings. The molecule has 0 fully saturated rings. The standard InChI is InChI=1S/C12H13N5O3S.ClH/c13-6-1-2-8-10(3-6)21-12(15-8)16-11(18)9-4-7(5-14-9)17(19)20;/h4-6,14H,1-3,13H2,(H,15,16,18);1H/t6-;/m0./s1. The van der Waals surface area contributed by atoms with Crippen LogP contribution in [0.2, 0.25) is 0 Å². The number of aryl methyl sites for hydroxylation is 1. The molecule has 2 aromatic heterocycles. The number of rotatable bonds is 3. The lowest BCUT2D eigenvalue weighted by molar-refractivity contribution is -0.384. The van der Waals surface area contributed by atoms with Crippen LogP contribution in [-0.4, -0.2) is 26.8 Å². The number of anilines is 1. The van der Waals surface area contributed by atoms with Gasteiger partial charge in [-0.15, -0.1) is 23.7 Å². The van der Waals surface area contributed by atoms with E-state index < -0.39 is 10.8 Å². The lowest BCUT2D eigenvalue weighted by atomic mass is 9.99. The van der Waals surface area contributed by atoms with E-state index in [9.17, 15) is 14.9 Å². The maximum atomic E-state index is 12.0. The zero-order valence-corrected chi connectivity index (χ0v) is 13.0. The van der Waals surface area contributed by atoms with Gasteiger partial charge in [-0.05, 0) is 19.3 Å². The van der Waals surface area contributed by atoms with Crippen LogP contribution < -0.4 is 11.1 Å². The normalized spacial score (nSPS) is 16.5. The first-order chi connectivity index (χ1) is 10.0. The van der Waals surface area contributed by atoms with Gasteiger partial charge in [-0.2, -0.15) is 0 Å². The van der Waals surface area contributed by atoms with Crippen molar-refractivity contribution in [3.05, 3.63) is 38.6 Å². The van der Waals surface area contributed by atoms with Gasteiger partial charge in [0.15, 0.2) is 5.13 Å². The SMILES string of the molecule is Cl.N[C@H]1CCc2nc(NC(=O)c3cc([N+](=O)[O-])c[nH]3)sc2C1. The fraction of sp³-hybridized carbons (Fsp3) is 0.333. The van der Waals surface area contributed by atoms with E-state index in [-0.39, 0.29) is 29.8 Å². The first-order valence-corrected chi connectivity index (χ1v) is 7.23. The van der Waals surface area contributed by atoms with E-state index in [1.54, 1.807) is 0 Å². The molecular weight excluding hydrogens is 330 g/mol. The summed E-state index contributed by atoms with van der Waals surface area (Å²) >= 11 is 1.40. The molecule has 0 aromatic carbocycles. The minimum absolute atomic E-state index is 0.